The second-order valence-corrected chi connectivity index (χ2v) is 5.50. The summed E-state index contributed by atoms with van der Waals surface area (Å²) in [6.45, 7) is 11.5. The van der Waals surface area contributed by atoms with Crippen molar-refractivity contribution in [2.75, 3.05) is 31.9 Å². The Bertz CT molecular complexity index is 383. The zero-order chi connectivity index (χ0) is 13.8. The van der Waals surface area contributed by atoms with Crippen LogP contribution < -0.4 is 5.73 Å². The molecular weight excluding hydrogens is 234 g/mol. The molecule has 3 heteroatoms. The van der Waals surface area contributed by atoms with Crippen molar-refractivity contribution < 1.29 is 0 Å². The quantitative estimate of drug-likeness (QED) is 0.827. The Hall–Kier alpha value is -1.06. The minimum absolute atomic E-state index is 0.487. The van der Waals surface area contributed by atoms with Crippen LogP contribution in [-0.2, 0) is 0 Å². The Kier molecular flexibility index (Phi) is 4.83. The number of nitrogens with two attached hydrogens (primary N) is 1. The molecule has 106 valence electrons. The number of likely N-dealkylation sites (N-methyl/N-ethyl adjacent to an activating group) is 1. The Morgan fingerprint density at radius 3 is 2.47 bits per heavy atom. The molecule has 2 rings (SSSR count). The first-order chi connectivity index (χ1) is 9.15. The third kappa shape index (κ3) is 3.28. The van der Waals surface area contributed by atoms with Crippen LogP contribution in [-0.4, -0.2) is 42.0 Å². The third-order valence-electron chi connectivity index (χ3n) is 4.49. The van der Waals surface area contributed by atoms with Crippen LogP contribution in [0.1, 0.15) is 38.8 Å². The van der Waals surface area contributed by atoms with Gasteiger partial charge in [0.05, 0.1) is 0 Å². The summed E-state index contributed by atoms with van der Waals surface area (Å²) in [4.78, 5) is 5.17. The monoisotopic (exact) mass is 261 g/mol. The van der Waals surface area contributed by atoms with Gasteiger partial charge in [0.25, 0.3) is 0 Å². The summed E-state index contributed by atoms with van der Waals surface area (Å²) >= 11 is 0. The van der Waals surface area contributed by atoms with Gasteiger partial charge in [0.1, 0.15) is 0 Å². The second-order valence-electron chi connectivity index (χ2n) is 5.50. The number of rotatable bonds is 5. The highest BCUT2D eigenvalue weighted by atomic mass is 15.3. The molecule has 1 aromatic carbocycles. The van der Waals surface area contributed by atoms with Gasteiger partial charge in [0.15, 0.2) is 0 Å². The van der Waals surface area contributed by atoms with Crippen molar-refractivity contribution >= 4 is 5.69 Å². The van der Waals surface area contributed by atoms with Crippen molar-refractivity contribution in [3.05, 3.63) is 29.8 Å². The van der Waals surface area contributed by atoms with E-state index in [1.54, 1.807) is 0 Å². The average molecular weight is 261 g/mol. The Balaban J connectivity index is 1.98. The maximum Gasteiger partial charge on any atom is 0.0320 e. The third-order valence-corrected chi connectivity index (χ3v) is 4.49. The van der Waals surface area contributed by atoms with Gasteiger partial charge in [-0.25, -0.2) is 0 Å². The molecule has 0 saturated carbocycles. The number of nitrogen functional groups attached to an aromatic ring is 1. The molecule has 1 heterocycles. The lowest BCUT2D eigenvalue weighted by molar-refractivity contribution is 0.193. The van der Waals surface area contributed by atoms with Gasteiger partial charge in [0.2, 0.25) is 0 Å². The first-order valence-corrected chi connectivity index (χ1v) is 7.49. The summed E-state index contributed by atoms with van der Waals surface area (Å²) in [6, 6.07) is 9.54. The van der Waals surface area contributed by atoms with E-state index in [9.17, 15) is 0 Å². The fourth-order valence-corrected chi connectivity index (χ4v) is 3.14. The molecule has 0 aromatic heterocycles. The Labute approximate surface area is 117 Å². The predicted molar refractivity (Wildman–Crippen MR) is 82.2 cm³/mol. The molecule has 2 unspecified atom stereocenters. The van der Waals surface area contributed by atoms with Crippen LogP contribution in [0.15, 0.2) is 24.3 Å². The highest BCUT2D eigenvalue weighted by Crippen LogP contribution is 2.27. The molecule has 1 aromatic rings. The van der Waals surface area contributed by atoms with Crippen molar-refractivity contribution in [3.8, 4) is 0 Å². The van der Waals surface area contributed by atoms with Gasteiger partial charge in [0, 0.05) is 30.9 Å². The summed E-state index contributed by atoms with van der Waals surface area (Å²) in [7, 11) is 0. The van der Waals surface area contributed by atoms with Gasteiger partial charge in [-0.3, -0.25) is 9.80 Å². The van der Waals surface area contributed by atoms with Gasteiger partial charge in [-0.05, 0) is 44.1 Å². The molecule has 1 aliphatic rings. The van der Waals surface area contributed by atoms with Gasteiger partial charge in [-0.2, -0.15) is 0 Å². The molecule has 19 heavy (non-hydrogen) atoms. The van der Waals surface area contributed by atoms with E-state index >= 15 is 0 Å². The average Bonchev–Trinajstić information content (AvgIpc) is 2.90. The molecule has 0 amide bonds. The highest BCUT2D eigenvalue weighted by molar-refractivity contribution is 5.40. The minimum atomic E-state index is 0.487. The van der Waals surface area contributed by atoms with Crippen LogP contribution in [0, 0.1) is 0 Å². The normalized spacial score (nSPS) is 22.0. The van der Waals surface area contributed by atoms with E-state index in [-0.39, 0.29) is 0 Å². The lowest BCUT2D eigenvalue weighted by Gasteiger charge is -2.28. The highest BCUT2D eigenvalue weighted by Gasteiger charge is 2.29. The van der Waals surface area contributed by atoms with Crippen LogP contribution in [0.4, 0.5) is 5.69 Å². The molecule has 2 N–H and O–H groups in total. The predicted octanol–water partition coefficient (Wildman–Crippen LogP) is 2.75. The van der Waals surface area contributed by atoms with Gasteiger partial charge < -0.3 is 5.73 Å². The van der Waals surface area contributed by atoms with Crippen LogP contribution in [0.25, 0.3) is 0 Å². The maximum atomic E-state index is 5.76. The van der Waals surface area contributed by atoms with E-state index in [1.807, 2.05) is 12.1 Å². The topological polar surface area (TPSA) is 32.5 Å². The summed E-state index contributed by atoms with van der Waals surface area (Å²) < 4.78 is 0. The zero-order valence-corrected chi connectivity index (χ0v) is 12.5. The molecule has 0 radical (unpaired) electrons. The summed E-state index contributed by atoms with van der Waals surface area (Å²) in [5.41, 5.74) is 7.97. The lowest BCUT2D eigenvalue weighted by Crippen LogP contribution is -2.37. The van der Waals surface area contributed by atoms with Crippen molar-refractivity contribution in [2.45, 2.75) is 39.3 Å². The maximum absolute atomic E-state index is 5.76. The van der Waals surface area contributed by atoms with Crippen LogP contribution in [0.3, 0.4) is 0 Å². The van der Waals surface area contributed by atoms with E-state index in [0.717, 1.165) is 24.8 Å². The number of benzene rings is 1. The lowest BCUT2D eigenvalue weighted by atomic mass is 10.1. The SMILES string of the molecule is CCN(CC)C1CCN(C(C)c2ccc(N)cc2)C1. The van der Waals surface area contributed by atoms with Crippen LogP contribution in [0.5, 0.6) is 0 Å². The van der Waals surface area contributed by atoms with E-state index in [0.29, 0.717) is 6.04 Å². The number of hydrogen-bond donors (Lipinski definition) is 1. The Morgan fingerprint density at radius 1 is 1.26 bits per heavy atom. The molecule has 0 spiro atoms. The smallest absolute Gasteiger partial charge is 0.0320 e. The first kappa shape index (κ1) is 14.4. The van der Waals surface area contributed by atoms with E-state index in [1.165, 1.54) is 25.1 Å². The fraction of sp³-hybridized carbons (Fsp3) is 0.625. The van der Waals surface area contributed by atoms with Crippen LogP contribution in [0.2, 0.25) is 0 Å². The molecule has 2 atom stereocenters. The minimum Gasteiger partial charge on any atom is -0.399 e. The van der Waals surface area contributed by atoms with Gasteiger partial charge in [-0.15, -0.1) is 0 Å². The number of hydrogen-bond acceptors (Lipinski definition) is 3. The second kappa shape index (κ2) is 6.40. The number of likely N-dealkylation sites (tertiary alicyclic amines) is 1. The van der Waals surface area contributed by atoms with E-state index in [4.69, 9.17) is 5.73 Å². The first-order valence-electron chi connectivity index (χ1n) is 7.49. The molecule has 0 aliphatic carbocycles. The van der Waals surface area contributed by atoms with Crippen molar-refractivity contribution in [2.24, 2.45) is 0 Å². The largest absolute Gasteiger partial charge is 0.399 e. The standard InChI is InChI=1S/C16H27N3/c1-4-18(5-2)16-10-11-19(12-16)13(3)14-6-8-15(17)9-7-14/h6-9,13,16H,4-5,10-12,17H2,1-3H3. The van der Waals surface area contributed by atoms with Crippen molar-refractivity contribution in [3.63, 3.8) is 0 Å². The molecule has 3 nitrogen and oxygen atoms in total. The van der Waals surface area contributed by atoms with E-state index < -0.39 is 0 Å². The number of nitrogens with zero attached hydrogens (tertiary/aromatic N) is 2. The fourth-order valence-electron chi connectivity index (χ4n) is 3.14. The Morgan fingerprint density at radius 2 is 1.89 bits per heavy atom. The number of anilines is 1. The molecule has 1 aliphatic heterocycles. The molecule has 0 bridgehead atoms. The zero-order valence-electron chi connectivity index (χ0n) is 12.5. The van der Waals surface area contributed by atoms with Crippen LogP contribution >= 0.6 is 0 Å². The van der Waals surface area contributed by atoms with Gasteiger partial charge in [-0.1, -0.05) is 26.0 Å². The summed E-state index contributed by atoms with van der Waals surface area (Å²) in [6.07, 6.45) is 1.29. The summed E-state index contributed by atoms with van der Waals surface area (Å²) in [5.74, 6) is 0. The van der Waals surface area contributed by atoms with Crippen molar-refractivity contribution in [1.29, 1.82) is 0 Å². The molecule has 1 fully saturated rings. The molecule has 1 saturated heterocycles. The van der Waals surface area contributed by atoms with Gasteiger partial charge >= 0.3 is 0 Å². The van der Waals surface area contributed by atoms with E-state index in [2.05, 4.69) is 42.7 Å². The summed E-state index contributed by atoms with van der Waals surface area (Å²) in [5, 5.41) is 0. The van der Waals surface area contributed by atoms with Crippen molar-refractivity contribution in [1.82, 2.24) is 9.80 Å². The molecular formula is C16H27N3.